The molecule has 3 nitrogen and oxygen atoms in total. The van der Waals surface area contributed by atoms with Gasteiger partial charge in [-0.25, -0.2) is 0 Å². The lowest BCUT2D eigenvalue weighted by Crippen LogP contribution is -2.17. The van der Waals surface area contributed by atoms with Crippen LogP contribution in [-0.4, -0.2) is 18.3 Å². The fourth-order valence-corrected chi connectivity index (χ4v) is 2.94. The van der Waals surface area contributed by atoms with Crippen LogP contribution in [0.4, 0.5) is 0 Å². The summed E-state index contributed by atoms with van der Waals surface area (Å²) in [5.74, 6) is 0. The number of benzene rings is 1. The molecule has 0 saturated carbocycles. The van der Waals surface area contributed by atoms with E-state index in [1.165, 1.54) is 11.3 Å². The Bertz CT molecular complexity index is 586. The highest BCUT2D eigenvalue weighted by molar-refractivity contribution is 7.09. The van der Waals surface area contributed by atoms with Gasteiger partial charge in [0.2, 0.25) is 0 Å². The number of nitrogens with zero attached hydrogens (tertiary/aromatic N) is 1. The van der Waals surface area contributed by atoms with Crippen molar-refractivity contribution in [1.29, 1.82) is 5.41 Å². The van der Waals surface area contributed by atoms with Gasteiger partial charge in [0.25, 0.3) is 0 Å². The van der Waals surface area contributed by atoms with Crippen LogP contribution in [0.15, 0.2) is 24.3 Å². The van der Waals surface area contributed by atoms with E-state index in [4.69, 9.17) is 21.7 Å². The molecule has 0 aliphatic rings. The number of hydrogen-bond donors (Lipinski definition) is 1. The number of nitrogens with one attached hydrogen (secondary N) is 1. The fraction of sp³-hybridized carbons (Fsp3) is 0.308. The Hall–Kier alpha value is -1.10. The van der Waals surface area contributed by atoms with E-state index in [1.54, 1.807) is 7.11 Å². The van der Waals surface area contributed by atoms with E-state index in [0.717, 1.165) is 21.2 Å². The van der Waals surface area contributed by atoms with Crippen LogP contribution in [0.5, 0.6) is 0 Å². The second-order valence-corrected chi connectivity index (χ2v) is 5.60. The predicted octanol–water partition coefficient (Wildman–Crippen LogP) is 3.30. The number of aryl methyl sites for hydroxylation is 1. The number of ether oxygens (including phenoxy) is 1. The fourth-order valence-electron chi connectivity index (χ4n) is 1.90. The standard InChI is InChI=1S/C13H15ClN2OS/c1-9-12(10-3-5-11(14)6-4-10)16(7-8-17-2)13(15)18-9/h3-6,15H,7-8H2,1-2H3. The molecule has 1 aromatic heterocycles. The first-order valence-electron chi connectivity index (χ1n) is 5.63. The molecule has 0 bridgehead atoms. The van der Waals surface area contributed by atoms with Gasteiger partial charge in [-0.05, 0) is 24.6 Å². The number of rotatable bonds is 4. The largest absolute Gasteiger partial charge is 0.383 e. The van der Waals surface area contributed by atoms with Crippen molar-refractivity contribution < 1.29 is 4.74 Å². The molecule has 18 heavy (non-hydrogen) atoms. The lowest BCUT2D eigenvalue weighted by atomic mass is 10.1. The van der Waals surface area contributed by atoms with E-state index in [-0.39, 0.29) is 0 Å². The molecule has 2 aromatic rings. The molecule has 0 fully saturated rings. The quantitative estimate of drug-likeness (QED) is 0.918. The third-order valence-corrected chi connectivity index (χ3v) is 3.90. The van der Waals surface area contributed by atoms with Gasteiger partial charge in [-0.15, -0.1) is 11.3 Å². The van der Waals surface area contributed by atoms with Crippen LogP contribution < -0.4 is 4.80 Å². The number of thiazole rings is 1. The van der Waals surface area contributed by atoms with Crippen LogP contribution >= 0.6 is 22.9 Å². The molecule has 1 aromatic carbocycles. The lowest BCUT2D eigenvalue weighted by Gasteiger charge is -2.09. The molecule has 0 saturated heterocycles. The molecule has 0 amide bonds. The summed E-state index contributed by atoms with van der Waals surface area (Å²) in [6, 6.07) is 7.72. The van der Waals surface area contributed by atoms with Gasteiger partial charge < -0.3 is 9.30 Å². The van der Waals surface area contributed by atoms with Gasteiger partial charge in [-0.3, -0.25) is 5.41 Å². The molecule has 1 heterocycles. The molecule has 0 aliphatic carbocycles. The zero-order valence-electron chi connectivity index (χ0n) is 10.4. The Morgan fingerprint density at radius 3 is 2.61 bits per heavy atom. The molecule has 0 aliphatic heterocycles. The highest BCUT2D eigenvalue weighted by Gasteiger charge is 2.11. The van der Waals surface area contributed by atoms with Crippen molar-refractivity contribution in [2.75, 3.05) is 13.7 Å². The maximum absolute atomic E-state index is 8.00. The number of halogens is 1. The van der Waals surface area contributed by atoms with Gasteiger partial charge in [-0.2, -0.15) is 0 Å². The topological polar surface area (TPSA) is 38.0 Å². The van der Waals surface area contributed by atoms with Crippen molar-refractivity contribution >= 4 is 22.9 Å². The summed E-state index contributed by atoms with van der Waals surface area (Å²) in [7, 11) is 1.67. The van der Waals surface area contributed by atoms with Crippen LogP contribution in [-0.2, 0) is 11.3 Å². The first-order valence-corrected chi connectivity index (χ1v) is 6.82. The third kappa shape index (κ3) is 2.66. The van der Waals surface area contributed by atoms with Crippen molar-refractivity contribution in [2.45, 2.75) is 13.5 Å². The summed E-state index contributed by atoms with van der Waals surface area (Å²) in [4.78, 5) is 1.69. The minimum absolute atomic E-state index is 0.550. The van der Waals surface area contributed by atoms with Gasteiger partial charge in [-0.1, -0.05) is 23.7 Å². The molecule has 5 heteroatoms. The molecular formula is C13H15ClN2OS. The summed E-state index contributed by atoms with van der Waals surface area (Å²) >= 11 is 7.39. The molecule has 2 rings (SSSR count). The van der Waals surface area contributed by atoms with E-state index >= 15 is 0 Å². The number of methoxy groups -OCH3 is 1. The van der Waals surface area contributed by atoms with Crippen molar-refractivity contribution in [3.63, 3.8) is 0 Å². The average Bonchev–Trinajstić information content (AvgIpc) is 2.62. The average molecular weight is 283 g/mol. The smallest absolute Gasteiger partial charge is 0.182 e. The molecule has 0 atom stereocenters. The molecular weight excluding hydrogens is 268 g/mol. The molecule has 0 unspecified atom stereocenters. The minimum Gasteiger partial charge on any atom is -0.383 e. The van der Waals surface area contributed by atoms with Gasteiger partial charge in [0.15, 0.2) is 4.80 Å². The van der Waals surface area contributed by atoms with Gasteiger partial charge in [0.1, 0.15) is 0 Å². The monoisotopic (exact) mass is 282 g/mol. The zero-order valence-corrected chi connectivity index (χ0v) is 11.9. The van der Waals surface area contributed by atoms with E-state index in [2.05, 4.69) is 0 Å². The Kier molecular flexibility index (Phi) is 4.22. The highest BCUT2D eigenvalue weighted by Crippen LogP contribution is 2.26. The number of aromatic nitrogens is 1. The minimum atomic E-state index is 0.550. The Morgan fingerprint density at radius 2 is 2.00 bits per heavy atom. The van der Waals surface area contributed by atoms with Crippen LogP contribution in [0, 0.1) is 12.3 Å². The predicted molar refractivity (Wildman–Crippen MR) is 75.2 cm³/mol. The Labute approximate surface area is 115 Å². The van der Waals surface area contributed by atoms with Crippen LogP contribution in [0.25, 0.3) is 11.3 Å². The van der Waals surface area contributed by atoms with Crippen molar-refractivity contribution in [3.05, 3.63) is 39.0 Å². The van der Waals surface area contributed by atoms with Crippen LogP contribution in [0.3, 0.4) is 0 Å². The van der Waals surface area contributed by atoms with Crippen molar-refractivity contribution in [3.8, 4) is 11.3 Å². The SMILES string of the molecule is COCCn1c(-c2ccc(Cl)cc2)c(C)sc1=N. The van der Waals surface area contributed by atoms with E-state index < -0.39 is 0 Å². The first-order chi connectivity index (χ1) is 8.63. The Balaban J connectivity index is 2.48. The highest BCUT2D eigenvalue weighted by atomic mass is 35.5. The normalized spacial score (nSPS) is 10.8. The second-order valence-electron chi connectivity index (χ2n) is 3.96. The van der Waals surface area contributed by atoms with Gasteiger partial charge >= 0.3 is 0 Å². The zero-order chi connectivity index (χ0) is 13.1. The summed E-state index contributed by atoms with van der Waals surface area (Å²) in [6.07, 6.45) is 0. The van der Waals surface area contributed by atoms with E-state index in [1.807, 2.05) is 35.8 Å². The summed E-state index contributed by atoms with van der Waals surface area (Å²) in [6.45, 7) is 3.33. The van der Waals surface area contributed by atoms with Crippen molar-refractivity contribution in [2.24, 2.45) is 0 Å². The summed E-state index contributed by atoms with van der Waals surface area (Å²) in [5, 5.41) is 8.73. The van der Waals surface area contributed by atoms with Crippen LogP contribution in [0.1, 0.15) is 4.88 Å². The molecule has 0 radical (unpaired) electrons. The number of hydrogen-bond acceptors (Lipinski definition) is 3. The Morgan fingerprint density at radius 1 is 1.33 bits per heavy atom. The van der Waals surface area contributed by atoms with Gasteiger partial charge in [0, 0.05) is 23.6 Å². The van der Waals surface area contributed by atoms with E-state index in [9.17, 15) is 0 Å². The second kappa shape index (κ2) is 5.69. The van der Waals surface area contributed by atoms with Crippen LogP contribution in [0.2, 0.25) is 5.02 Å². The summed E-state index contributed by atoms with van der Waals surface area (Å²) < 4.78 is 7.08. The third-order valence-electron chi connectivity index (χ3n) is 2.73. The molecule has 0 spiro atoms. The van der Waals surface area contributed by atoms with E-state index in [0.29, 0.717) is 18.0 Å². The maximum Gasteiger partial charge on any atom is 0.182 e. The van der Waals surface area contributed by atoms with Gasteiger partial charge in [0.05, 0.1) is 12.3 Å². The first kappa shape index (κ1) is 13.3. The lowest BCUT2D eigenvalue weighted by molar-refractivity contribution is 0.187. The molecule has 96 valence electrons. The van der Waals surface area contributed by atoms with Crippen molar-refractivity contribution in [1.82, 2.24) is 4.57 Å². The maximum atomic E-state index is 8.00. The summed E-state index contributed by atoms with van der Waals surface area (Å²) in [5.41, 5.74) is 2.17. The molecule has 1 N–H and O–H groups in total.